The molecular weight excluding hydrogens is 316 g/mol. The smallest absolute Gasteiger partial charge is 0.248 e. The Morgan fingerprint density at radius 3 is 2.78 bits per heavy atom. The zero-order valence-electron chi connectivity index (χ0n) is 12.9. The van der Waals surface area contributed by atoms with E-state index in [1.807, 2.05) is 18.2 Å². The Hall–Kier alpha value is -1.90. The Balaban J connectivity index is 1.64. The number of nitrogens with one attached hydrogen (secondary N) is 1. The number of hydrogen-bond acceptors (Lipinski definition) is 6. The summed E-state index contributed by atoms with van der Waals surface area (Å²) in [5, 5.41) is 3.50. The highest BCUT2D eigenvalue weighted by Gasteiger charge is 2.31. The van der Waals surface area contributed by atoms with Crippen LogP contribution in [0.25, 0.3) is 0 Å². The normalized spacial score (nSPS) is 19.3. The van der Waals surface area contributed by atoms with E-state index in [0.717, 1.165) is 19.5 Å². The Labute approximate surface area is 135 Å². The molecule has 1 atom stereocenters. The average Bonchev–Trinajstić information content (AvgIpc) is 3.06. The molecule has 1 aliphatic heterocycles. The fourth-order valence-electron chi connectivity index (χ4n) is 2.90. The molecule has 2 heterocycles. The number of likely N-dealkylation sites (tertiary alicyclic amines) is 1. The molecule has 2 aromatic rings. The Bertz CT molecular complexity index is 754. The van der Waals surface area contributed by atoms with Gasteiger partial charge in [-0.3, -0.25) is 4.90 Å². The van der Waals surface area contributed by atoms with Crippen LogP contribution in [-0.2, 0) is 16.6 Å². The number of nitrogens with two attached hydrogens (primary N) is 1. The van der Waals surface area contributed by atoms with E-state index in [1.54, 1.807) is 0 Å². The van der Waals surface area contributed by atoms with E-state index in [0.29, 0.717) is 6.54 Å². The summed E-state index contributed by atoms with van der Waals surface area (Å²) in [5.74, 6) is 0.100. The molecule has 8 heteroatoms. The van der Waals surface area contributed by atoms with Gasteiger partial charge in [-0.2, -0.15) is 0 Å². The summed E-state index contributed by atoms with van der Waals surface area (Å²) in [6, 6.07) is 9.98. The van der Waals surface area contributed by atoms with Crippen LogP contribution in [-0.4, -0.2) is 37.6 Å². The lowest BCUT2D eigenvalue weighted by Gasteiger charge is -2.16. The third-order valence-electron chi connectivity index (χ3n) is 3.95. The summed E-state index contributed by atoms with van der Waals surface area (Å²) in [6.07, 6.45) is 0.760. The minimum atomic E-state index is -3.72. The molecule has 1 aromatic carbocycles. The van der Waals surface area contributed by atoms with E-state index in [4.69, 9.17) is 10.3 Å². The van der Waals surface area contributed by atoms with E-state index in [9.17, 15) is 8.42 Å². The lowest BCUT2D eigenvalue weighted by atomic mass is 10.2. The first-order valence-electron chi connectivity index (χ1n) is 7.46. The molecule has 124 valence electrons. The first-order chi connectivity index (χ1) is 11.0. The molecule has 0 spiro atoms. The summed E-state index contributed by atoms with van der Waals surface area (Å²) in [5.41, 5.74) is 6.81. The van der Waals surface area contributed by atoms with Gasteiger partial charge < -0.3 is 10.3 Å². The molecule has 3 N–H and O–H groups in total. The number of nitrogens with zero attached hydrogens (tertiary/aromatic N) is 2. The van der Waals surface area contributed by atoms with Crippen molar-refractivity contribution in [3.05, 3.63) is 41.7 Å². The van der Waals surface area contributed by atoms with Crippen LogP contribution < -0.4 is 10.5 Å². The largest absolute Gasteiger partial charge is 0.380 e. The van der Waals surface area contributed by atoms with Gasteiger partial charge in [0.2, 0.25) is 10.0 Å². The van der Waals surface area contributed by atoms with Crippen molar-refractivity contribution < 1.29 is 12.9 Å². The quantitative estimate of drug-likeness (QED) is 0.848. The number of sulfonamides is 1. The molecule has 23 heavy (non-hydrogen) atoms. The number of rotatable bonds is 5. The zero-order valence-corrected chi connectivity index (χ0v) is 13.7. The molecule has 1 aromatic heterocycles. The van der Waals surface area contributed by atoms with Gasteiger partial charge in [0.1, 0.15) is 0 Å². The van der Waals surface area contributed by atoms with Crippen molar-refractivity contribution in [1.29, 1.82) is 0 Å². The Kier molecular flexibility index (Phi) is 4.38. The molecule has 0 aliphatic carbocycles. The molecule has 1 aliphatic rings. The van der Waals surface area contributed by atoms with Gasteiger partial charge in [-0.1, -0.05) is 35.5 Å². The van der Waals surface area contributed by atoms with Crippen molar-refractivity contribution in [1.82, 2.24) is 14.8 Å². The van der Waals surface area contributed by atoms with Gasteiger partial charge in [0.05, 0.1) is 0 Å². The van der Waals surface area contributed by atoms with E-state index >= 15 is 0 Å². The number of benzene rings is 1. The lowest BCUT2D eigenvalue weighted by Crippen LogP contribution is -2.37. The third kappa shape index (κ3) is 3.54. The molecular formula is C15H20N4O3S. The van der Waals surface area contributed by atoms with Gasteiger partial charge in [0, 0.05) is 25.7 Å². The van der Waals surface area contributed by atoms with E-state index in [1.165, 1.54) is 12.5 Å². The summed E-state index contributed by atoms with van der Waals surface area (Å²) in [6.45, 7) is 3.86. The van der Waals surface area contributed by atoms with Crippen molar-refractivity contribution in [3.8, 4) is 0 Å². The molecule has 0 amide bonds. The van der Waals surface area contributed by atoms with E-state index in [-0.39, 0.29) is 22.5 Å². The number of aromatic nitrogens is 1. The van der Waals surface area contributed by atoms with Crippen LogP contribution >= 0.6 is 0 Å². The highest BCUT2D eigenvalue weighted by atomic mass is 32.2. The molecule has 1 fully saturated rings. The second-order valence-electron chi connectivity index (χ2n) is 5.78. The molecule has 0 bridgehead atoms. The van der Waals surface area contributed by atoms with Gasteiger partial charge in [0.15, 0.2) is 16.5 Å². The van der Waals surface area contributed by atoms with Crippen molar-refractivity contribution in [2.45, 2.75) is 30.8 Å². The highest BCUT2D eigenvalue weighted by Crippen LogP contribution is 2.23. The van der Waals surface area contributed by atoms with Crippen molar-refractivity contribution in [2.75, 3.05) is 18.8 Å². The highest BCUT2D eigenvalue weighted by molar-refractivity contribution is 7.89. The number of aryl methyl sites for hydroxylation is 1. The molecule has 0 radical (unpaired) electrons. The molecule has 0 unspecified atom stereocenters. The summed E-state index contributed by atoms with van der Waals surface area (Å²) >= 11 is 0. The fourth-order valence-corrected chi connectivity index (χ4v) is 4.38. The van der Waals surface area contributed by atoms with Crippen LogP contribution in [0.2, 0.25) is 0 Å². The maximum Gasteiger partial charge on any atom is 0.248 e. The Morgan fingerprint density at radius 1 is 1.39 bits per heavy atom. The third-order valence-corrected chi connectivity index (χ3v) is 5.62. The van der Waals surface area contributed by atoms with Crippen LogP contribution in [0.4, 0.5) is 5.82 Å². The molecule has 1 saturated heterocycles. The predicted octanol–water partition coefficient (Wildman–Crippen LogP) is 1.12. The second-order valence-corrected chi connectivity index (χ2v) is 7.43. The average molecular weight is 336 g/mol. The van der Waals surface area contributed by atoms with Crippen molar-refractivity contribution in [3.63, 3.8) is 0 Å². The number of nitrogen functional groups attached to an aromatic ring is 1. The van der Waals surface area contributed by atoms with Crippen molar-refractivity contribution in [2.24, 2.45) is 0 Å². The summed E-state index contributed by atoms with van der Waals surface area (Å²) in [7, 11) is -3.72. The number of hydrogen-bond donors (Lipinski definition) is 2. The molecule has 0 saturated carbocycles. The van der Waals surface area contributed by atoms with Crippen LogP contribution in [0, 0.1) is 6.92 Å². The van der Waals surface area contributed by atoms with Crippen molar-refractivity contribution >= 4 is 15.8 Å². The van der Waals surface area contributed by atoms with Crippen LogP contribution in [0.5, 0.6) is 0 Å². The number of anilines is 1. The second kappa shape index (κ2) is 6.31. The Morgan fingerprint density at radius 2 is 2.13 bits per heavy atom. The van der Waals surface area contributed by atoms with Crippen LogP contribution in [0.15, 0.2) is 39.8 Å². The maximum absolute atomic E-state index is 12.4. The monoisotopic (exact) mass is 336 g/mol. The minimum Gasteiger partial charge on any atom is -0.380 e. The first kappa shape index (κ1) is 16.0. The zero-order chi connectivity index (χ0) is 16.4. The standard InChI is InChI=1S/C15H20N4O3S/c1-11-14(15(16)17-22-11)23(20,21)18-13-7-8-19(10-13)9-12-5-3-2-4-6-12/h2-6,13,18H,7-10H2,1H3,(H2,16,17)/t13-/m1/s1. The summed E-state index contributed by atoms with van der Waals surface area (Å²) in [4.78, 5) is 2.17. The van der Waals surface area contributed by atoms with Gasteiger partial charge in [-0.25, -0.2) is 13.1 Å². The maximum atomic E-state index is 12.4. The molecule has 3 rings (SSSR count). The van der Waals surface area contributed by atoms with Gasteiger partial charge in [-0.15, -0.1) is 0 Å². The SMILES string of the molecule is Cc1onc(N)c1S(=O)(=O)N[C@@H]1CCN(Cc2ccccc2)C1. The fraction of sp³-hybridized carbons (Fsp3) is 0.400. The minimum absolute atomic E-state index is 0.0565. The van der Waals surface area contributed by atoms with Gasteiger partial charge in [0.25, 0.3) is 0 Å². The van der Waals surface area contributed by atoms with Crippen LogP contribution in [0.1, 0.15) is 17.7 Å². The van der Waals surface area contributed by atoms with E-state index < -0.39 is 10.0 Å². The first-order valence-corrected chi connectivity index (χ1v) is 8.94. The molecule has 7 nitrogen and oxygen atoms in total. The predicted molar refractivity (Wildman–Crippen MR) is 86.1 cm³/mol. The van der Waals surface area contributed by atoms with Crippen LogP contribution in [0.3, 0.4) is 0 Å². The van der Waals surface area contributed by atoms with E-state index in [2.05, 4.69) is 26.9 Å². The van der Waals surface area contributed by atoms with Gasteiger partial charge >= 0.3 is 0 Å². The van der Waals surface area contributed by atoms with Gasteiger partial charge in [-0.05, 0) is 18.9 Å². The summed E-state index contributed by atoms with van der Waals surface area (Å²) < 4.78 is 32.4. The lowest BCUT2D eigenvalue weighted by molar-refractivity contribution is 0.324. The topological polar surface area (TPSA) is 101 Å².